The van der Waals surface area contributed by atoms with E-state index in [0.717, 1.165) is 18.4 Å². The standard InChI is InChI=1S/C9H8FNO3S/c1-14-8-4-9(15(2,12)13)7(10)3-6(8)5-11/h3-4H,1-2H3. The third-order valence-electron chi connectivity index (χ3n) is 1.77. The average Bonchev–Trinajstić information content (AvgIpc) is 2.15. The van der Waals surface area contributed by atoms with Crippen molar-refractivity contribution >= 4 is 9.84 Å². The summed E-state index contributed by atoms with van der Waals surface area (Å²) < 4.78 is 40.3. The van der Waals surface area contributed by atoms with Crippen molar-refractivity contribution in [2.45, 2.75) is 4.90 Å². The first-order chi connectivity index (χ1) is 6.90. The fraction of sp³-hybridized carbons (Fsp3) is 0.222. The molecule has 0 aliphatic carbocycles. The molecule has 1 aromatic carbocycles. The predicted molar refractivity (Wildman–Crippen MR) is 50.8 cm³/mol. The van der Waals surface area contributed by atoms with Crippen molar-refractivity contribution in [2.24, 2.45) is 0 Å². The molecule has 0 bridgehead atoms. The van der Waals surface area contributed by atoms with Gasteiger partial charge in [0.05, 0.1) is 12.7 Å². The number of rotatable bonds is 2. The molecule has 0 aliphatic rings. The van der Waals surface area contributed by atoms with E-state index in [4.69, 9.17) is 10.00 Å². The maximum atomic E-state index is 13.3. The third-order valence-corrected chi connectivity index (χ3v) is 2.89. The SMILES string of the molecule is COc1cc(S(C)(=O)=O)c(F)cc1C#N. The van der Waals surface area contributed by atoms with Gasteiger partial charge in [0.25, 0.3) is 0 Å². The summed E-state index contributed by atoms with van der Waals surface area (Å²) in [6.45, 7) is 0. The number of ether oxygens (including phenoxy) is 1. The Morgan fingerprint density at radius 2 is 2.07 bits per heavy atom. The number of halogens is 1. The molecule has 0 spiro atoms. The molecule has 0 saturated carbocycles. The monoisotopic (exact) mass is 229 g/mol. The summed E-state index contributed by atoms with van der Waals surface area (Å²) >= 11 is 0. The van der Waals surface area contributed by atoms with Crippen LogP contribution >= 0.6 is 0 Å². The number of nitrogens with zero attached hydrogens (tertiary/aromatic N) is 1. The van der Waals surface area contributed by atoms with E-state index in [9.17, 15) is 12.8 Å². The normalized spacial score (nSPS) is 10.8. The number of methoxy groups -OCH3 is 1. The Morgan fingerprint density at radius 3 is 2.47 bits per heavy atom. The average molecular weight is 229 g/mol. The minimum Gasteiger partial charge on any atom is -0.495 e. The molecule has 80 valence electrons. The Kier molecular flexibility index (Phi) is 2.95. The van der Waals surface area contributed by atoms with Crippen molar-refractivity contribution in [3.8, 4) is 11.8 Å². The molecule has 0 heterocycles. The largest absolute Gasteiger partial charge is 0.495 e. The predicted octanol–water partition coefficient (Wildman–Crippen LogP) is 1.11. The second-order valence-electron chi connectivity index (χ2n) is 2.87. The molecule has 6 heteroatoms. The van der Waals surface area contributed by atoms with Gasteiger partial charge in [0.1, 0.15) is 22.5 Å². The van der Waals surface area contributed by atoms with Crippen molar-refractivity contribution in [3.63, 3.8) is 0 Å². The first-order valence-corrected chi connectivity index (χ1v) is 5.77. The molecule has 0 aromatic heterocycles. The highest BCUT2D eigenvalue weighted by Gasteiger charge is 2.17. The van der Waals surface area contributed by atoms with Crippen LogP contribution in [0.2, 0.25) is 0 Å². The van der Waals surface area contributed by atoms with E-state index in [-0.39, 0.29) is 11.3 Å². The maximum absolute atomic E-state index is 13.3. The molecular formula is C9H8FNO3S. The van der Waals surface area contributed by atoms with E-state index in [1.807, 2.05) is 0 Å². The first kappa shape index (κ1) is 11.5. The van der Waals surface area contributed by atoms with Gasteiger partial charge in [0.15, 0.2) is 9.84 Å². The number of nitriles is 1. The van der Waals surface area contributed by atoms with Crippen molar-refractivity contribution in [1.82, 2.24) is 0 Å². The van der Waals surface area contributed by atoms with Gasteiger partial charge in [-0.3, -0.25) is 0 Å². The fourth-order valence-electron chi connectivity index (χ4n) is 1.08. The third kappa shape index (κ3) is 2.25. The summed E-state index contributed by atoms with van der Waals surface area (Å²) in [6, 6.07) is 3.55. The van der Waals surface area contributed by atoms with Gasteiger partial charge in [-0.15, -0.1) is 0 Å². The highest BCUT2D eigenvalue weighted by molar-refractivity contribution is 7.90. The van der Waals surface area contributed by atoms with Crippen LogP contribution in [0.4, 0.5) is 4.39 Å². The quantitative estimate of drug-likeness (QED) is 0.761. The zero-order chi connectivity index (χ0) is 11.6. The van der Waals surface area contributed by atoms with Crippen LogP contribution in [0.1, 0.15) is 5.56 Å². The first-order valence-electron chi connectivity index (χ1n) is 3.88. The zero-order valence-electron chi connectivity index (χ0n) is 8.11. The lowest BCUT2D eigenvalue weighted by Gasteiger charge is -2.06. The summed E-state index contributed by atoms with van der Waals surface area (Å²) in [5.74, 6) is -0.908. The number of hydrogen-bond acceptors (Lipinski definition) is 4. The van der Waals surface area contributed by atoms with Crippen LogP contribution in [0.25, 0.3) is 0 Å². The van der Waals surface area contributed by atoms with Gasteiger partial charge >= 0.3 is 0 Å². The van der Waals surface area contributed by atoms with Crippen LogP contribution in [-0.4, -0.2) is 21.8 Å². The molecule has 0 fully saturated rings. The molecule has 1 rings (SSSR count). The van der Waals surface area contributed by atoms with Crippen molar-refractivity contribution in [2.75, 3.05) is 13.4 Å². The number of benzene rings is 1. The molecule has 15 heavy (non-hydrogen) atoms. The van der Waals surface area contributed by atoms with Crippen molar-refractivity contribution in [3.05, 3.63) is 23.5 Å². The zero-order valence-corrected chi connectivity index (χ0v) is 8.93. The minimum atomic E-state index is -3.66. The topological polar surface area (TPSA) is 67.2 Å². The van der Waals surface area contributed by atoms with Crippen molar-refractivity contribution in [1.29, 1.82) is 5.26 Å². The summed E-state index contributed by atoms with van der Waals surface area (Å²) in [5.41, 5.74) is -0.0394. The molecule has 0 saturated heterocycles. The van der Waals surface area contributed by atoms with Gasteiger partial charge in [-0.1, -0.05) is 0 Å². The van der Waals surface area contributed by atoms with Gasteiger partial charge in [0.2, 0.25) is 0 Å². The van der Waals surface area contributed by atoms with Gasteiger partial charge < -0.3 is 4.74 Å². The Labute approximate surface area is 86.8 Å². The maximum Gasteiger partial charge on any atom is 0.178 e. The van der Waals surface area contributed by atoms with Gasteiger partial charge in [-0.05, 0) is 6.07 Å². The van der Waals surface area contributed by atoms with E-state index in [2.05, 4.69) is 0 Å². The molecule has 0 unspecified atom stereocenters. The van der Waals surface area contributed by atoms with Crippen LogP contribution in [0.15, 0.2) is 17.0 Å². The van der Waals surface area contributed by atoms with E-state index in [1.165, 1.54) is 7.11 Å². The minimum absolute atomic E-state index is 0.0394. The summed E-state index contributed by atoms with van der Waals surface area (Å²) in [4.78, 5) is -0.474. The summed E-state index contributed by atoms with van der Waals surface area (Å²) in [7, 11) is -2.38. The molecule has 0 N–H and O–H groups in total. The Hall–Kier alpha value is -1.61. The smallest absolute Gasteiger partial charge is 0.178 e. The van der Waals surface area contributed by atoms with Crippen LogP contribution in [-0.2, 0) is 9.84 Å². The van der Waals surface area contributed by atoms with E-state index in [1.54, 1.807) is 6.07 Å². The highest BCUT2D eigenvalue weighted by atomic mass is 32.2. The van der Waals surface area contributed by atoms with Crippen LogP contribution in [0.3, 0.4) is 0 Å². The van der Waals surface area contributed by atoms with Crippen molar-refractivity contribution < 1.29 is 17.5 Å². The lowest BCUT2D eigenvalue weighted by atomic mass is 10.2. The lowest BCUT2D eigenvalue weighted by Crippen LogP contribution is -2.02. The summed E-state index contributed by atoms with van der Waals surface area (Å²) in [6.07, 6.45) is 0.886. The number of sulfone groups is 1. The van der Waals surface area contributed by atoms with Gasteiger partial charge in [-0.25, -0.2) is 12.8 Å². The van der Waals surface area contributed by atoms with Gasteiger partial charge in [0, 0.05) is 12.3 Å². The molecule has 4 nitrogen and oxygen atoms in total. The Balaban J connectivity index is 3.55. The molecule has 0 atom stereocenters. The van der Waals surface area contributed by atoms with Gasteiger partial charge in [-0.2, -0.15) is 5.26 Å². The molecule has 0 radical (unpaired) electrons. The Morgan fingerprint density at radius 1 is 1.47 bits per heavy atom. The molecule has 0 amide bonds. The second-order valence-corrected chi connectivity index (χ2v) is 4.85. The van der Waals surface area contributed by atoms with E-state index in [0.29, 0.717) is 0 Å². The molecule has 0 aliphatic heterocycles. The summed E-state index contributed by atoms with van der Waals surface area (Å²) in [5, 5.41) is 8.62. The highest BCUT2D eigenvalue weighted by Crippen LogP contribution is 2.25. The lowest BCUT2D eigenvalue weighted by molar-refractivity contribution is 0.410. The second kappa shape index (κ2) is 3.87. The Bertz CT molecular complexity index is 531. The molecule has 1 aromatic rings. The van der Waals surface area contributed by atoms with Crippen LogP contribution in [0.5, 0.6) is 5.75 Å². The molecular weight excluding hydrogens is 221 g/mol. The fourth-order valence-corrected chi connectivity index (χ4v) is 1.81. The van der Waals surface area contributed by atoms with E-state index < -0.39 is 20.5 Å². The number of hydrogen-bond donors (Lipinski definition) is 0. The van der Waals surface area contributed by atoms with E-state index >= 15 is 0 Å². The van der Waals surface area contributed by atoms with Crippen LogP contribution in [0, 0.1) is 17.1 Å². The van der Waals surface area contributed by atoms with Crippen LogP contribution < -0.4 is 4.74 Å².